The van der Waals surface area contributed by atoms with Crippen molar-refractivity contribution >= 4 is 52.0 Å². The lowest BCUT2D eigenvalue weighted by Crippen LogP contribution is -2.40. The number of fused-ring (bicyclic) bond motifs is 2. The van der Waals surface area contributed by atoms with Crippen molar-refractivity contribution in [2.45, 2.75) is 44.4 Å². The summed E-state index contributed by atoms with van der Waals surface area (Å²) in [5, 5.41) is 1.37. The van der Waals surface area contributed by atoms with E-state index in [0.29, 0.717) is 33.9 Å². The van der Waals surface area contributed by atoms with Gasteiger partial charge in [0.15, 0.2) is 0 Å². The average Bonchev–Trinajstić information content (AvgIpc) is 3.06. The SMILES string of the molecule is CC1(CC(=O)N2CCC3(C2)CN(C(=O)Cc2ncc(Cl)s2)c2ccc(Cl)cc23)CC1. The molecule has 0 bridgehead atoms. The Morgan fingerprint density at radius 1 is 1.17 bits per heavy atom. The first-order chi connectivity index (χ1) is 14.3. The second-order valence-corrected chi connectivity index (χ2v) is 11.4. The lowest BCUT2D eigenvalue weighted by Gasteiger charge is -2.26. The van der Waals surface area contributed by atoms with Gasteiger partial charge >= 0.3 is 0 Å². The number of carbonyl (C=O) groups excluding carboxylic acids is 2. The fourth-order valence-corrected chi connectivity index (χ4v) is 5.88. The molecule has 8 heteroatoms. The van der Waals surface area contributed by atoms with E-state index in [-0.39, 0.29) is 29.1 Å². The van der Waals surface area contributed by atoms with Gasteiger partial charge in [0.05, 0.1) is 12.6 Å². The molecule has 1 saturated carbocycles. The normalized spacial score (nSPS) is 23.8. The maximum Gasteiger partial charge on any atom is 0.233 e. The molecule has 0 radical (unpaired) electrons. The average molecular weight is 464 g/mol. The van der Waals surface area contributed by atoms with Crippen molar-refractivity contribution in [1.29, 1.82) is 0 Å². The molecule has 1 aromatic heterocycles. The van der Waals surface area contributed by atoms with Crippen LogP contribution < -0.4 is 4.90 Å². The summed E-state index contributed by atoms with van der Waals surface area (Å²) in [5.74, 6) is 0.231. The van der Waals surface area contributed by atoms with E-state index in [1.807, 2.05) is 28.0 Å². The number of halogens is 2. The number of anilines is 1. The monoisotopic (exact) mass is 463 g/mol. The summed E-state index contributed by atoms with van der Waals surface area (Å²) in [4.78, 5) is 34.1. The third-order valence-electron chi connectivity index (χ3n) is 6.80. The summed E-state index contributed by atoms with van der Waals surface area (Å²) in [7, 11) is 0. The van der Waals surface area contributed by atoms with Crippen LogP contribution in [0.5, 0.6) is 0 Å². The summed E-state index contributed by atoms with van der Waals surface area (Å²) < 4.78 is 0.581. The van der Waals surface area contributed by atoms with Crippen molar-refractivity contribution in [1.82, 2.24) is 9.88 Å². The van der Waals surface area contributed by atoms with Crippen LogP contribution in [-0.4, -0.2) is 41.3 Å². The van der Waals surface area contributed by atoms with E-state index in [0.717, 1.165) is 37.1 Å². The van der Waals surface area contributed by atoms with Gasteiger partial charge in [-0.1, -0.05) is 30.1 Å². The van der Waals surface area contributed by atoms with Crippen LogP contribution in [0.3, 0.4) is 0 Å². The van der Waals surface area contributed by atoms with E-state index >= 15 is 0 Å². The molecule has 1 spiro atoms. The van der Waals surface area contributed by atoms with Crippen molar-refractivity contribution in [3.63, 3.8) is 0 Å². The Bertz CT molecular complexity index is 1040. The number of likely N-dealkylation sites (tertiary alicyclic amines) is 1. The molecule has 158 valence electrons. The van der Waals surface area contributed by atoms with Gasteiger partial charge in [-0.05, 0) is 48.4 Å². The Morgan fingerprint density at radius 2 is 1.97 bits per heavy atom. The fraction of sp³-hybridized carbons (Fsp3) is 0.500. The highest BCUT2D eigenvalue weighted by atomic mass is 35.5. The molecule has 2 aromatic rings. The molecule has 5 nitrogen and oxygen atoms in total. The van der Waals surface area contributed by atoms with E-state index in [9.17, 15) is 9.59 Å². The Balaban J connectivity index is 1.39. The highest BCUT2D eigenvalue weighted by molar-refractivity contribution is 7.15. The van der Waals surface area contributed by atoms with Gasteiger partial charge in [0.2, 0.25) is 11.8 Å². The second kappa shape index (κ2) is 7.21. The number of amides is 2. The van der Waals surface area contributed by atoms with Crippen LogP contribution in [-0.2, 0) is 21.4 Å². The zero-order chi connectivity index (χ0) is 21.1. The molecule has 3 heterocycles. The molecule has 1 aromatic carbocycles. The van der Waals surface area contributed by atoms with Crippen LogP contribution in [0.1, 0.15) is 43.2 Å². The van der Waals surface area contributed by atoms with Crippen molar-refractivity contribution in [3.05, 3.63) is 44.3 Å². The van der Waals surface area contributed by atoms with Gasteiger partial charge in [-0.2, -0.15) is 0 Å². The summed E-state index contributed by atoms with van der Waals surface area (Å²) in [5.41, 5.74) is 1.92. The minimum atomic E-state index is -0.253. The largest absolute Gasteiger partial charge is 0.342 e. The van der Waals surface area contributed by atoms with Crippen molar-refractivity contribution < 1.29 is 9.59 Å². The van der Waals surface area contributed by atoms with Gasteiger partial charge < -0.3 is 9.80 Å². The Kier molecular flexibility index (Phi) is 4.88. The third kappa shape index (κ3) is 3.63. The number of thiazole rings is 1. The molecule has 30 heavy (non-hydrogen) atoms. The second-order valence-electron chi connectivity index (χ2n) is 9.21. The smallest absolute Gasteiger partial charge is 0.233 e. The molecule has 0 N–H and O–H groups in total. The molecule has 2 fully saturated rings. The number of nitrogens with zero attached hydrogens (tertiary/aromatic N) is 3. The number of hydrogen-bond acceptors (Lipinski definition) is 4. The predicted molar refractivity (Wildman–Crippen MR) is 119 cm³/mol. The maximum atomic E-state index is 13.2. The van der Waals surface area contributed by atoms with E-state index in [1.54, 1.807) is 6.20 Å². The van der Waals surface area contributed by atoms with Gasteiger partial charge in [0.25, 0.3) is 0 Å². The Morgan fingerprint density at radius 3 is 2.67 bits per heavy atom. The summed E-state index contributed by atoms with van der Waals surface area (Å²) in [6.45, 7) is 4.13. The van der Waals surface area contributed by atoms with Crippen LogP contribution >= 0.6 is 34.5 Å². The summed E-state index contributed by atoms with van der Waals surface area (Å²) in [6.07, 6.45) is 5.54. The molecule has 5 rings (SSSR count). The highest BCUT2D eigenvalue weighted by Crippen LogP contribution is 2.50. The van der Waals surface area contributed by atoms with Crippen molar-refractivity contribution in [2.24, 2.45) is 5.41 Å². The molecule has 1 saturated heterocycles. The molecule has 1 aliphatic carbocycles. The first-order valence-corrected chi connectivity index (χ1v) is 11.8. The topological polar surface area (TPSA) is 53.5 Å². The first-order valence-electron chi connectivity index (χ1n) is 10.3. The van der Waals surface area contributed by atoms with E-state index < -0.39 is 0 Å². The summed E-state index contributed by atoms with van der Waals surface area (Å²) in [6, 6.07) is 5.72. The van der Waals surface area contributed by atoms with Crippen LogP contribution in [0.4, 0.5) is 5.69 Å². The lowest BCUT2D eigenvalue weighted by atomic mass is 9.81. The van der Waals surface area contributed by atoms with Crippen molar-refractivity contribution in [3.8, 4) is 0 Å². The van der Waals surface area contributed by atoms with Crippen molar-refractivity contribution in [2.75, 3.05) is 24.5 Å². The molecule has 2 amide bonds. The zero-order valence-electron chi connectivity index (χ0n) is 16.8. The molecular weight excluding hydrogens is 441 g/mol. The Hall–Kier alpha value is -1.63. The number of benzene rings is 1. The quantitative estimate of drug-likeness (QED) is 0.659. The number of rotatable bonds is 4. The molecule has 2 aliphatic heterocycles. The number of aromatic nitrogens is 1. The van der Waals surface area contributed by atoms with Crippen LogP contribution in [0.25, 0.3) is 0 Å². The van der Waals surface area contributed by atoms with Gasteiger partial charge in [0, 0.05) is 42.2 Å². The van der Waals surface area contributed by atoms with E-state index in [1.165, 1.54) is 11.3 Å². The van der Waals surface area contributed by atoms with Gasteiger partial charge in [-0.25, -0.2) is 4.98 Å². The minimum absolute atomic E-state index is 0.00303. The number of hydrogen-bond donors (Lipinski definition) is 0. The van der Waals surface area contributed by atoms with E-state index in [2.05, 4.69) is 11.9 Å². The van der Waals surface area contributed by atoms with E-state index in [4.69, 9.17) is 23.2 Å². The summed E-state index contributed by atoms with van der Waals surface area (Å²) >= 11 is 13.6. The first kappa shape index (κ1) is 20.3. The fourth-order valence-electron chi connectivity index (χ4n) is 4.76. The molecule has 1 atom stereocenters. The highest BCUT2D eigenvalue weighted by Gasteiger charge is 2.50. The number of carbonyl (C=O) groups is 2. The maximum absolute atomic E-state index is 13.2. The standard InChI is InChI=1S/C22H23Cl2N3O2S/c1-21(4-5-21)10-20(29)26-7-6-22(12-26)13-27(16-3-2-14(23)8-15(16)22)19(28)9-18-25-11-17(24)30-18/h2-3,8,11H,4-7,9-10,12-13H2,1H3. The van der Waals surface area contributed by atoms with Gasteiger partial charge in [0.1, 0.15) is 9.34 Å². The predicted octanol–water partition coefficient (Wildman–Crippen LogP) is 4.70. The van der Waals surface area contributed by atoms with Gasteiger partial charge in [-0.15, -0.1) is 11.3 Å². The van der Waals surface area contributed by atoms with Crippen LogP contribution in [0.15, 0.2) is 24.4 Å². The molecular formula is C22H23Cl2N3O2S. The molecule has 3 aliphatic rings. The van der Waals surface area contributed by atoms with Crippen LogP contribution in [0, 0.1) is 5.41 Å². The van der Waals surface area contributed by atoms with Gasteiger partial charge in [-0.3, -0.25) is 9.59 Å². The third-order valence-corrected chi connectivity index (χ3v) is 8.15. The molecule has 1 unspecified atom stereocenters. The lowest BCUT2D eigenvalue weighted by molar-refractivity contribution is -0.131. The Labute approximate surface area is 190 Å². The zero-order valence-corrected chi connectivity index (χ0v) is 19.1. The minimum Gasteiger partial charge on any atom is -0.342 e. The van der Waals surface area contributed by atoms with Crippen LogP contribution in [0.2, 0.25) is 9.36 Å².